The van der Waals surface area contributed by atoms with Crippen molar-refractivity contribution in [2.45, 2.75) is 38.1 Å². The molecule has 0 saturated carbocycles. The average Bonchev–Trinajstić information content (AvgIpc) is 2.88. The summed E-state index contributed by atoms with van der Waals surface area (Å²) >= 11 is 5.44. The molecule has 0 bridgehead atoms. The van der Waals surface area contributed by atoms with Gasteiger partial charge < -0.3 is 9.47 Å². The highest BCUT2D eigenvalue weighted by molar-refractivity contribution is 6.65. The van der Waals surface area contributed by atoms with Gasteiger partial charge in [0.1, 0.15) is 0 Å². The highest BCUT2D eigenvalue weighted by Gasteiger charge is 2.58. The van der Waals surface area contributed by atoms with E-state index in [2.05, 4.69) is 6.58 Å². The highest BCUT2D eigenvalue weighted by atomic mass is 35.5. The van der Waals surface area contributed by atoms with E-state index in [1.54, 1.807) is 20.1 Å². The van der Waals surface area contributed by atoms with Crippen LogP contribution in [0, 0.1) is 0 Å². The average molecular weight is 245 g/mol. The SMILES string of the molecule is C=C/C=C(\C)[C@@H](C[C@@H]1O[C@@]1(C)C(=O)Cl)OC. The van der Waals surface area contributed by atoms with E-state index < -0.39 is 10.8 Å². The van der Waals surface area contributed by atoms with Crippen LogP contribution in [-0.2, 0) is 14.3 Å². The van der Waals surface area contributed by atoms with Gasteiger partial charge in [-0.05, 0) is 31.0 Å². The molecule has 4 heteroatoms. The van der Waals surface area contributed by atoms with Gasteiger partial charge >= 0.3 is 0 Å². The summed E-state index contributed by atoms with van der Waals surface area (Å²) < 4.78 is 10.7. The second-order valence-electron chi connectivity index (χ2n) is 4.09. The molecule has 1 rings (SSSR count). The number of hydrogen-bond donors (Lipinski definition) is 0. The number of carbonyl (C=O) groups excluding carboxylic acids is 1. The van der Waals surface area contributed by atoms with Gasteiger partial charge in [-0.25, -0.2) is 0 Å². The monoisotopic (exact) mass is 244 g/mol. The van der Waals surface area contributed by atoms with Gasteiger partial charge in [-0.1, -0.05) is 18.7 Å². The van der Waals surface area contributed by atoms with Crippen LogP contribution in [-0.4, -0.2) is 30.2 Å². The van der Waals surface area contributed by atoms with E-state index in [-0.39, 0.29) is 12.2 Å². The maximum Gasteiger partial charge on any atom is 0.256 e. The van der Waals surface area contributed by atoms with E-state index in [1.807, 2.05) is 13.0 Å². The quantitative estimate of drug-likeness (QED) is 0.409. The van der Waals surface area contributed by atoms with Crippen LogP contribution in [0.3, 0.4) is 0 Å². The van der Waals surface area contributed by atoms with E-state index in [4.69, 9.17) is 21.1 Å². The molecular formula is C12H17ClO3. The molecule has 0 N–H and O–H groups in total. The Morgan fingerprint density at radius 1 is 1.75 bits per heavy atom. The van der Waals surface area contributed by atoms with E-state index in [9.17, 15) is 4.79 Å². The zero-order valence-electron chi connectivity index (χ0n) is 9.83. The van der Waals surface area contributed by atoms with Crippen molar-refractivity contribution >= 4 is 16.8 Å². The van der Waals surface area contributed by atoms with Crippen molar-refractivity contribution in [1.82, 2.24) is 0 Å². The van der Waals surface area contributed by atoms with Crippen LogP contribution in [0.1, 0.15) is 20.3 Å². The van der Waals surface area contributed by atoms with Crippen molar-refractivity contribution in [3.8, 4) is 0 Å². The van der Waals surface area contributed by atoms with Gasteiger partial charge in [-0.3, -0.25) is 4.79 Å². The zero-order valence-corrected chi connectivity index (χ0v) is 10.6. The normalized spacial score (nSPS) is 31.0. The first-order chi connectivity index (χ1) is 7.45. The molecule has 90 valence electrons. The molecular weight excluding hydrogens is 228 g/mol. The van der Waals surface area contributed by atoms with Crippen LogP contribution in [0.5, 0.6) is 0 Å². The molecule has 1 aliphatic rings. The smallest absolute Gasteiger partial charge is 0.256 e. The summed E-state index contributed by atoms with van der Waals surface area (Å²) in [6, 6.07) is 0. The van der Waals surface area contributed by atoms with Crippen LogP contribution >= 0.6 is 11.6 Å². The summed E-state index contributed by atoms with van der Waals surface area (Å²) in [5.74, 6) is 0. The minimum absolute atomic E-state index is 0.0687. The van der Waals surface area contributed by atoms with Crippen LogP contribution in [0.4, 0.5) is 0 Å². The number of rotatable bonds is 6. The third-order valence-electron chi connectivity index (χ3n) is 2.94. The Hall–Kier alpha value is -0.640. The number of ether oxygens (including phenoxy) is 2. The van der Waals surface area contributed by atoms with Crippen LogP contribution in [0.2, 0.25) is 0 Å². The molecule has 0 radical (unpaired) electrons. The first-order valence-corrected chi connectivity index (χ1v) is 5.53. The number of carbonyl (C=O) groups is 1. The van der Waals surface area contributed by atoms with Crippen molar-refractivity contribution in [2.75, 3.05) is 7.11 Å². The van der Waals surface area contributed by atoms with Gasteiger partial charge in [0.2, 0.25) is 0 Å². The first-order valence-electron chi connectivity index (χ1n) is 5.15. The Balaban J connectivity index is 2.58. The summed E-state index contributed by atoms with van der Waals surface area (Å²) in [4.78, 5) is 11.1. The number of halogens is 1. The molecule has 0 spiro atoms. The predicted molar refractivity (Wildman–Crippen MR) is 63.5 cm³/mol. The molecule has 1 aliphatic heterocycles. The summed E-state index contributed by atoms with van der Waals surface area (Å²) in [6.45, 7) is 7.29. The largest absolute Gasteiger partial charge is 0.377 e. The molecule has 1 heterocycles. The van der Waals surface area contributed by atoms with Crippen LogP contribution < -0.4 is 0 Å². The maximum atomic E-state index is 11.1. The molecule has 0 unspecified atom stereocenters. The Morgan fingerprint density at radius 2 is 2.38 bits per heavy atom. The van der Waals surface area contributed by atoms with Crippen LogP contribution in [0.15, 0.2) is 24.3 Å². The lowest BCUT2D eigenvalue weighted by molar-refractivity contribution is -0.115. The molecule has 0 aromatic carbocycles. The molecule has 3 nitrogen and oxygen atoms in total. The number of epoxide rings is 1. The molecule has 0 aromatic heterocycles. The van der Waals surface area contributed by atoms with Crippen molar-refractivity contribution in [3.05, 3.63) is 24.3 Å². The fraction of sp³-hybridized carbons (Fsp3) is 0.583. The topological polar surface area (TPSA) is 38.8 Å². The number of allylic oxidation sites excluding steroid dienone is 2. The second kappa shape index (κ2) is 5.13. The molecule has 0 aliphatic carbocycles. The lowest BCUT2D eigenvalue weighted by Crippen LogP contribution is -2.23. The second-order valence-corrected chi connectivity index (χ2v) is 4.44. The predicted octanol–water partition coefficient (Wildman–Crippen LogP) is 2.45. The van der Waals surface area contributed by atoms with Crippen LogP contribution in [0.25, 0.3) is 0 Å². The Kier molecular flexibility index (Phi) is 4.30. The van der Waals surface area contributed by atoms with Gasteiger partial charge in [0, 0.05) is 13.5 Å². The Labute approximate surface area is 101 Å². The van der Waals surface area contributed by atoms with Crippen molar-refractivity contribution < 1.29 is 14.3 Å². The van der Waals surface area contributed by atoms with E-state index in [1.165, 1.54) is 0 Å². The van der Waals surface area contributed by atoms with E-state index in [0.717, 1.165) is 5.57 Å². The molecule has 0 amide bonds. The Morgan fingerprint density at radius 3 is 2.75 bits per heavy atom. The third-order valence-corrected chi connectivity index (χ3v) is 3.31. The van der Waals surface area contributed by atoms with Gasteiger partial charge in [0.25, 0.3) is 5.24 Å². The lowest BCUT2D eigenvalue weighted by Gasteiger charge is -2.14. The molecule has 1 fully saturated rings. The highest BCUT2D eigenvalue weighted by Crippen LogP contribution is 2.42. The summed E-state index contributed by atoms with van der Waals surface area (Å²) in [5.41, 5.74) is 0.227. The fourth-order valence-electron chi connectivity index (χ4n) is 1.66. The van der Waals surface area contributed by atoms with E-state index in [0.29, 0.717) is 6.42 Å². The van der Waals surface area contributed by atoms with Gasteiger partial charge in [-0.15, -0.1) is 0 Å². The van der Waals surface area contributed by atoms with Gasteiger partial charge in [0.15, 0.2) is 5.60 Å². The summed E-state index contributed by atoms with van der Waals surface area (Å²) in [5, 5.41) is -0.447. The summed E-state index contributed by atoms with van der Waals surface area (Å²) in [7, 11) is 1.63. The lowest BCUT2D eigenvalue weighted by atomic mass is 10.00. The first kappa shape index (κ1) is 13.4. The molecule has 16 heavy (non-hydrogen) atoms. The summed E-state index contributed by atoms with van der Waals surface area (Å²) in [6.07, 6.45) is 4.00. The molecule has 3 atom stereocenters. The standard InChI is InChI=1S/C12H17ClO3/c1-5-6-8(2)9(15-4)7-10-12(3,16-10)11(13)14/h5-6,9-10H,1,7H2,2-4H3/b8-6+/t9-,10+,12-/m1/s1. The fourth-order valence-corrected chi connectivity index (χ4v) is 1.83. The van der Waals surface area contributed by atoms with Crippen molar-refractivity contribution in [3.63, 3.8) is 0 Å². The molecule has 0 aromatic rings. The Bertz CT molecular complexity index is 324. The maximum absolute atomic E-state index is 11.1. The van der Waals surface area contributed by atoms with Crippen molar-refractivity contribution in [2.24, 2.45) is 0 Å². The number of methoxy groups -OCH3 is 1. The van der Waals surface area contributed by atoms with Crippen molar-refractivity contribution in [1.29, 1.82) is 0 Å². The van der Waals surface area contributed by atoms with Gasteiger partial charge in [0.05, 0.1) is 12.2 Å². The molecule has 1 saturated heterocycles. The number of hydrogen-bond acceptors (Lipinski definition) is 3. The van der Waals surface area contributed by atoms with E-state index >= 15 is 0 Å². The third kappa shape index (κ3) is 2.73. The van der Waals surface area contributed by atoms with Gasteiger partial charge in [-0.2, -0.15) is 0 Å². The minimum atomic E-state index is -0.827. The zero-order chi connectivity index (χ0) is 12.3. The minimum Gasteiger partial charge on any atom is -0.377 e.